The number of halogens is 3. The Morgan fingerprint density at radius 1 is 1.05 bits per heavy atom. The molecule has 10 heteroatoms. The molecule has 2 N–H and O–H groups in total. The van der Waals surface area contributed by atoms with E-state index >= 15 is 0 Å². The van der Waals surface area contributed by atoms with Crippen molar-refractivity contribution >= 4 is 49.9 Å². The van der Waals surface area contributed by atoms with Crippen LogP contribution in [0.1, 0.15) is 35.3 Å². The van der Waals surface area contributed by atoms with E-state index in [4.69, 9.17) is 9.47 Å². The highest BCUT2D eigenvalue weighted by Gasteiger charge is 2.24. The molecule has 2 amide bonds. The van der Waals surface area contributed by atoms with Crippen LogP contribution < -0.4 is 20.2 Å². The number of ether oxygens (including phenoxy) is 2. The van der Waals surface area contributed by atoms with Gasteiger partial charge in [-0.05, 0) is 81.5 Å². The molecule has 7 nitrogen and oxygen atoms in total. The van der Waals surface area contributed by atoms with Crippen molar-refractivity contribution < 1.29 is 23.5 Å². The van der Waals surface area contributed by atoms with Crippen molar-refractivity contribution in [1.82, 2.24) is 10.7 Å². The van der Waals surface area contributed by atoms with Gasteiger partial charge in [-0.1, -0.05) is 41.9 Å². The second-order valence-electron chi connectivity index (χ2n) is 8.39. The summed E-state index contributed by atoms with van der Waals surface area (Å²) in [7, 11) is 1.54. The molecule has 1 unspecified atom stereocenters. The Balaban J connectivity index is 1.65. The van der Waals surface area contributed by atoms with E-state index in [1.54, 1.807) is 26.0 Å². The Bertz CT molecular complexity index is 1270. The molecular weight excluding hydrogens is 609 g/mol. The SMILES string of the molecule is COc1cc(/C=N/NC(=O)C(NC(=O)c2ccc(F)cc2)C(C)C)cc(Br)c1OCc1ccc(Br)cc1. The minimum Gasteiger partial charge on any atom is -0.493 e. The minimum atomic E-state index is -0.842. The fourth-order valence-corrected chi connectivity index (χ4v) is 4.13. The second-order valence-corrected chi connectivity index (χ2v) is 10.2. The molecule has 0 saturated heterocycles. The van der Waals surface area contributed by atoms with Gasteiger partial charge in [0.05, 0.1) is 17.8 Å². The van der Waals surface area contributed by atoms with E-state index in [0.717, 1.165) is 10.0 Å². The quantitative estimate of drug-likeness (QED) is 0.217. The van der Waals surface area contributed by atoms with Gasteiger partial charge in [0.2, 0.25) is 0 Å². The molecular formula is C27H26Br2FN3O4. The van der Waals surface area contributed by atoms with Crippen LogP contribution in [0.5, 0.6) is 11.5 Å². The summed E-state index contributed by atoms with van der Waals surface area (Å²) in [6.07, 6.45) is 1.46. The third kappa shape index (κ3) is 8.13. The molecule has 0 fully saturated rings. The van der Waals surface area contributed by atoms with Gasteiger partial charge in [-0.25, -0.2) is 9.82 Å². The van der Waals surface area contributed by atoms with E-state index in [2.05, 4.69) is 47.7 Å². The van der Waals surface area contributed by atoms with Crippen molar-refractivity contribution in [1.29, 1.82) is 0 Å². The molecule has 3 aromatic rings. The first-order valence-electron chi connectivity index (χ1n) is 11.3. The number of carbonyl (C=O) groups is 2. The Hall–Kier alpha value is -3.24. The van der Waals surface area contributed by atoms with Crippen LogP contribution >= 0.6 is 31.9 Å². The number of carbonyl (C=O) groups excluding carboxylic acids is 2. The lowest BCUT2D eigenvalue weighted by Crippen LogP contribution is -2.48. The van der Waals surface area contributed by atoms with Crippen LogP contribution in [0, 0.1) is 11.7 Å². The first-order chi connectivity index (χ1) is 17.7. The Morgan fingerprint density at radius 3 is 2.35 bits per heavy atom. The van der Waals surface area contributed by atoms with E-state index < -0.39 is 23.7 Å². The molecule has 0 bridgehead atoms. The molecule has 1 atom stereocenters. The Kier molecular flexibility index (Phi) is 10.2. The maximum absolute atomic E-state index is 13.1. The molecule has 0 saturated carbocycles. The normalized spacial score (nSPS) is 11.9. The number of benzene rings is 3. The monoisotopic (exact) mass is 633 g/mol. The van der Waals surface area contributed by atoms with Gasteiger partial charge in [0.25, 0.3) is 11.8 Å². The van der Waals surface area contributed by atoms with Crippen LogP contribution in [-0.2, 0) is 11.4 Å². The van der Waals surface area contributed by atoms with Crippen LogP contribution in [0.15, 0.2) is 74.7 Å². The third-order valence-electron chi connectivity index (χ3n) is 5.28. The summed E-state index contributed by atoms with van der Waals surface area (Å²) in [5, 5.41) is 6.71. The maximum Gasteiger partial charge on any atom is 0.262 e. The smallest absolute Gasteiger partial charge is 0.262 e. The molecule has 0 heterocycles. The van der Waals surface area contributed by atoms with Gasteiger partial charge in [-0.3, -0.25) is 9.59 Å². The van der Waals surface area contributed by atoms with Gasteiger partial charge in [0.1, 0.15) is 18.5 Å². The molecule has 3 rings (SSSR count). The summed E-state index contributed by atoms with van der Waals surface area (Å²) in [4.78, 5) is 25.2. The predicted molar refractivity (Wildman–Crippen MR) is 147 cm³/mol. The maximum atomic E-state index is 13.1. The standard InChI is InChI=1S/C27H26Br2FN3O4/c1-16(2)24(32-26(34)19-6-10-21(30)11-7-19)27(35)33-31-14-18-12-22(29)25(23(13-18)36-3)37-15-17-4-8-20(28)9-5-17/h4-14,16,24H,15H2,1-3H3,(H,32,34)(H,33,35)/b31-14+. The van der Waals surface area contributed by atoms with Crippen LogP contribution in [0.3, 0.4) is 0 Å². The van der Waals surface area contributed by atoms with Crippen molar-refractivity contribution in [2.24, 2.45) is 11.0 Å². The first kappa shape index (κ1) is 28.3. The largest absolute Gasteiger partial charge is 0.493 e. The zero-order chi connectivity index (χ0) is 26.9. The van der Waals surface area contributed by atoms with Crippen LogP contribution in [0.2, 0.25) is 0 Å². The highest BCUT2D eigenvalue weighted by molar-refractivity contribution is 9.10. The number of hydrogen-bond acceptors (Lipinski definition) is 5. The Morgan fingerprint density at radius 2 is 1.73 bits per heavy atom. The average molecular weight is 635 g/mol. The number of hydrogen-bond donors (Lipinski definition) is 2. The molecule has 0 radical (unpaired) electrons. The average Bonchev–Trinajstić information content (AvgIpc) is 2.87. The van der Waals surface area contributed by atoms with Gasteiger partial charge in [-0.15, -0.1) is 0 Å². The zero-order valence-electron chi connectivity index (χ0n) is 20.4. The van der Waals surface area contributed by atoms with Crippen molar-refractivity contribution in [2.45, 2.75) is 26.5 Å². The van der Waals surface area contributed by atoms with Crippen molar-refractivity contribution in [3.63, 3.8) is 0 Å². The lowest BCUT2D eigenvalue weighted by Gasteiger charge is -2.20. The molecule has 3 aromatic carbocycles. The summed E-state index contributed by atoms with van der Waals surface area (Å²) >= 11 is 6.92. The lowest BCUT2D eigenvalue weighted by molar-refractivity contribution is -0.123. The molecule has 0 aliphatic rings. The second kappa shape index (κ2) is 13.3. The minimum absolute atomic E-state index is 0.212. The highest BCUT2D eigenvalue weighted by atomic mass is 79.9. The number of rotatable bonds is 10. The van der Waals surface area contributed by atoms with Gasteiger partial charge in [-0.2, -0.15) is 5.10 Å². The van der Waals surface area contributed by atoms with Crippen LogP contribution in [-0.4, -0.2) is 31.2 Å². The van der Waals surface area contributed by atoms with Crippen molar-refractivity contribution in [3.8, 4) is 11.5 Å². The molecule has 0 aliphatic carbocycles. The fraction of sp³-hybridized carbons (Fsp3) is 0.222. The van der Waals surface area contributed by atoms with E-state index in [0.29, 0.717) is 28.1 Å². The van der Waals surface area contributed by atoms with Gasteiger partial charge in [0, 0.05) is 10.0 Å². The lowest BCUT2D eigenvalue weighted by atomic mass is 10.0. The number of amides is 2. The van der Waals surface area contributed by atoms with Crippen LogP contribution in [0.4, 0.5) is 4.39 Å². The molecule has 0 aliphatic heterocycles. The molecule has 0 aromatic heterocycles. The summed E-state index contributed by atoms with van der Waals surface area (Å²) in [5.74, 6) is -0.597. The molecule has 37 heavy (non-hydrogen) atoms. The summed E-state index contributed by atoms with van der Waals surface area (Å²) < 4.78 is 26.2. The van der Waals surface area contributed by atoms with E-state index in [-0.39, 0.29) is 11.5 Å². The first-order valence-corrected chi connectivity index (χ1v) is 12.9. The predicted octanol–water partition coefficient (Wildman–Crippen LogP) is 5.84. The van der Waals surface area contributed by atoms with Crippen molar-refractivity contribution in [3.05, 3.63) is 92.1 Å². The third-order valence-corrected chi connectivity index (χ3v) is 6.40. The summed E-state index contributed by atoms with van der Waals surface area (Å²) in [6, 6.07) is 15.6. The molecule has 0 spiro atoms. The van der Waals surface area contributed by atoms with E-state index in [1.807, 2.05) is 24.3 Å². The highest BCUT2D eigenvalue weighted by Crippen LogP contribution is 2.37. The van der Waals surface area contributed by atoms with Gasteiger partial charge >= 0.3 is 0 Å². The van der Waals surface area contributed by atoms with E-state index in [9.17, 15) is 14.0 Å². The topological polar surface area (TPSA) is 89.0 Å². The number of nitrogens with one attached hydrogen (secondary N) is 2. The van der Waals surface area contributed by atoms with E-state index in [1.165, 1.54) is 37.6 Å². The van der Waals surface area contributed by atoms with Crippen molar-refractivity contribution in [2.75, 3.05) is 7.11 Å². The zero-order valence-corrected chi connectivity index (χ0v) is 23.6. The summed E-state index contributed by atoms with van der Waals surface area (Å²) in [5.41, 5.74) is 4.36. The molecule has 194 valence electrons. The number of nitrogens with zero attached hydrogens (tertiary/aromatic N) is 1. The fourth-order valence-electron chi connectivity index (χ4n) is 3.29. The number of hydrazone groups is 1. The Labute approximate surface area is 231 Å². The van der Waals surface area contributed by atoms with Gasteiger partial charge < -0.3 is 14.8 Å². The van der Waals surface area contributed by atoms with Gasteiger partial charge in [0.15, 0.2) is 11.5 Å². The summed E-state index contributed by atoms with van der Waals surface area (Å²) in [6.45, 7) is 3.95. The number of methoxy groups -OCH3 is 1. The van der Waals surface area contributed by atoms with Crippen LogP contribution in [0.25, 0.3) is 0 Å².